The fraction of sp³-hybridized carbons (Fsp3) is 0.182. The van der Waals surface area contributed by atoms with Crippen LogP contribution in [0.5, 0.6) is 11.5 Å². The number of hydrogen-bond donors (Lipinski definition) is 0. The molecule has 5 nitrogen and oxygen atoms in total. The van der Waals surface area contributed by atoms with Gasteiger partial charge >= 0.3 is 0 Å². The first-order valence-corrected chi connectivity index (χ1v) is 31.5. The van der Waals surface area contributed by atoms with Gasteiger partial charge in [0.05, 0.1) is 58.1 Å². The summed E-state index contributed by atoms with van der Waals surface area (Å²) in [5.74, 6) is 1.67. The molecule has 452 valence electrons. The average Bonchev–Trinajstić information content (AvgIpc) is 1.04. The van der Waals surface area contributed by atoms with Crippen molar-refractivity contribution >= 4 is 32.8 Å². The van der Waals surface area contributed by atoms with E-state index in [0.29, 0.717) is 44.9 Å². The van der Waals surface area contributed by atoms with Crippen molar-refractivity contribution in [3.05, 3.63) is 305 Å². The zero-order valence-corrected chi connectivity index (χ0v) is 53.5. The second-order valence-electron chi connectivity index (χ2n) is 27.9. The highest BCUT2D eigenvalue weighted by atomic mass is 16.5. The van der Waals surface area contributed by atoms with E-state index in [1.165, 1.54) is 0 Å². The van der Waals surface area contributed by atoms with Crippen LogP contribution in [0.1, 0.15) is 151 Å². The molecule has 0 N–H and O–H groups in total. The Kier molecular flexibility index (Phi) is 8.74. The molecule has 14 aromatic rings. The van der Waals surface area contributed by atoms with Crippen LogP contribution in [0.4, 0.5) is 0 Å². The highest BCUT2D eigenvalue weighted by Gasteiger charge is 2.44. The van der Waals surface area contributed by atoms with E-state index in [1.54, 1.807) is 84.2 Å². The van der Waals surface area contributed by atoms with Crippen molar-refractivity contribution < 1.29 is 34.0 Å². The van der Waals surface area contributed by atoms with Gasteiger partial charge < -0.3 is 4.74 Å². The smallest absolute Gasteiger partial charge is 0.269 e. The largest absolute Gasteiger partial charge is 0.458 e. The summed E-state index contributed by atoms with van der Waals surface area (Å²) in [5.41, 5.74) is 0.737. The number of imidazole rings is 1. The second-order valence-corrected chi connectivity index (χ2v) is 27.9. The van der Waals surface area contributed by atoms with Gasteiger partial charge in [-0.15, -0.1) is 0 Å². The van der Waals surface area contributed by atoms with Crippen molar-refractivity contribution in [2.75, 3.05) is 0 Å². The van der Waals surface area contributed by atoms with Crippen LogP contribution in [0, 0.1) is 6.33 Å². The van der Waals surface area contributed by atoms with Gasteiger partial charge in [0.15, 0.2) is 0 Å². The molecule has 0 radical (unpaired) electrons. The van der Waals surface area contributed by atoms with E-state index in [-0.39, 0.29) is 143 Å². The Morgan fingerprint density at radius 2 is 0.968 bits per heavy atom. The Morgan fingerprint density at radius 3 is 1.63 bits per heavy atom. The summed E-state index contributed by atoms with van der Waals surface area (Å²) >= 11 is 0. The molecule has 0 saturated carbocycles. The van der Waals surface area contributed by atoms with Gasteiger partial charge in [-0.2, -0.15) is 0 Å². The Morgan fingerprint density at radius 1 is 0.441 bits per heavy atom. The number of para-hydroxylation sites is 2. The van der Waals surface area contributed by atoms with Crippen LogP contribution in [0.2, 0.25) is 0 Å². The Hall–Kier alpha value is -10.4. The first-order chi connectivity index (χ1) is 52.3. The van der Waals surface area contributed by atoms with Crippen LogP contribution in [0.25, 0.3) is 106 Å². The molecule has 0 bridgehead atoms. The van der Waals surface area contributed by atoms with E-state index in [9.17, 15) is 19.2 Å². The maximum Gasteiger partial charge on any atom is 0.269 e. The summed E-state index contributed by atoms with van der Waals surface area (Å²) in [6.45, 7) is 20.3. The first kappa shape index (κ1) is 40.5. The fourth-order valence-electron chi connectivity index (χ4n) is 14.9. The van der Waals surface area contributed by atoms with Crippen molar-refractivity contribution in [2.45, 2.75) is 103 Å². The predicted molar refractivity (Wildman–Crippen MR) is 383 cm³/mol. The van der Waals surface area contributed by atoms with Crippen molar-refractivity contribution in [3.63, 3.8) is 0 Å². The lowest BCUT2D eigenvalue weighted by molar-refractivity contribution is -0.570. The van der Waals surface area contributed by atoms with Crippen LogP contribution < -0.4 is 9.30 Å². The molecule has 2 aliphatic carbocycles. The summed E-state index contributed by atoms with van der Waals surface area (Å²) in [7, 11) is 0. The second kappa shape index (κ2) is 20.1. The zero-order chi connectivity index (χ0) is 79.3. The van der Waals surface area contributed by atoms with Gasteiger partial charge in [0.2, 0.25) is 0 Å². The zero-order valence-electron chi connectivity index (χ0n) is 71.5. The number of fused-ring (bicyclic) bond motifs is 14. The van der Waals surface area contributed by atoms with Gasteiger partial charge in [-0.25, -0.2) is 4.98 Å². The Bertz CT molecular complexity index is 6600. The Labute approximate surface area is 571 Å². The minimum Gasteiger partial charge on any atom is -0.458 e. The van der Waals surface area contributed by atoms with Crippen LogP contribution in [-0.2, 0) is 27.1 Å². The minimum atomic E-state index is -1.49. The molecule has 0 saturated heterocycles. The van der Waals surface area contributed by atoms with Gasteiger partial charge in [0.25, 0.3) is 6.33 Å². The molecule has 17 rings (SSSR count). The number of pyridine rings is 1. The SMILES string of the molecule is [2H]c1c([2H])c([2H])c2c(c1[2H])-c1ccccc1-c1cccc3c1[n+]([c-]n3-c1cccc(Oc3ccc4c5ccccc5n(-c5cc(C(C)(C)C)ccn5)c4c3)c1)-c1c(-c3c([2H])c([2H])c4c(c3[2H])C(C)(C)c3c([2H])c([2H])c([2H])c([2H])c3C4(C)C)ccc(-c3c([2H])c([2H])c4c(c3[2H])C(C)(C)c3c([2H])c([2H])c([2H])c([2H])c3C4(C)C)c1-2. The van der Waals surface area contributed by atoms with E-state index in [4.69, 9.17) is 15.2 Å². The molecule has 0 spiro atoms. The highest BCUT2D eigenvalue weighted by Crippen LogP contribution is 2.55. The molecule has 4 heterocycles. The number of nitrogens with zero attached hydrogens (tertiary/aromatic N) is 4. The number of hydrogen-bond acceptors (Lipinski definition) is 2. The molecule has 5 heteroatoms. The van der Waals surface area contributed by atoms with Crippen LogP contribution in [0.3, 0.4) is 0 Å². The lowest BCUT2D eigenvalue weighted by Gasteiger charge is -2.44. The first-order valence-electron chi connectivity index (χ1n) is 40.5. The standard InChI is InChI=1S/C88H74N4O/c1-84(2,3)56-46-47-89-80(50-56)92-77-36-21-16-29-65(77)66-41-40-59(52-79(66)92)93-58-25-22-24-57(51-58)90-53-91-82-68(31-23-37-78(82)90)64-28-13-12-26-62(64)63-27-14-15-30-67(63)81-60(54-38-44-73-75(48-54)87(8,9)71-34-19-17-32-69(71)85(73,4)5)42-43-61(83(81)91)55-39-45-74-76(49-55)88(10,11)72-35-20-18-33-70(72)86(74,6)7/h12-52H,1-11H3/i14D,15D,17D,18D,19D,20D,27D,30D,32D,33D,34D,35D,38D,39D,44D,45D,48D,49D. The molecular weight excluding hydrogens is 1130 g/mol. The molecular formula is C88H74N4O. The molecule has 3 aromatic heterocycles. The van der Waals surface area contributed by atoms with Crippen LogP contribution in [0.15, 0.2) is 248 Å². The molecule has 11 aromatic carbocycles. The summed E-state index contributed by atoms with van der Waals surface area (Å²) in [5, 5.41) is 2.01. The predicted octanol–water partition coefficient (Wildman–Crippen LogP) is 21.9. The van der Waals surface area contributed by atoms with Crippen molar-refractivity contribution in [3.8, 4) is 84.3 Å². The van der Waals surface area contributed by atoms with E-state index in [2.05, 4.69) is 49.9 Å². The van der Waals surface area contributed by atoms with Crippen LogP contribution >= 0.6 is 0 Å². The number of benzene rings is 11. The van der Waals surface area contributed by atoms with Crippen LogP contribution in [-0.4, -0.2) is 14.1 Å². The summed E-state index contributed by atoms with van der Waals surface area (Å²) in [6, 6.07) is 33.8. The van der Waals surface area contributed by atoms with Gasteiger partial charge in [0.1, 0.15) is 17.3 Å². The molecule has 93 heavy (non-hydrogen) atoms. The maximum atomic E-state index is 11.0. The highest BCUT2D eigenvalue weighted by molar-refractivity contribution is 6.10. The van der Waals surface area contributed by atoms with Crippen molar-refractivity contribution in [2.24, 2.45) is 0 Å². The van der Waals surface area contributed by atoms with E-state index in [1.807, 2.05) is 102 Å². The lowest BCUT2D eigenvalue weighted by Crippen LogP contribution is -2.36. The van der Waals surface area contributed by atoms with E-state index < -0.39 is 82.1 Å². The molecule has 0 atom stereocenters. The number of aromatic nitrogens is 4. The average molecular weight is 1220 g/mol. The molecule has 1 aliphatic heterocycles. The molecule has 3 aliphatic rings. The third-order valence-electron chi connectivity index (χ3n) is 19.8. The van der Waals surface area contributed by atoms with Crippen molar-refractivity contribution in [1.29, 1.82) is 0 Å². The van der Waals surface area contributed by atoms with E-state index in [0.717, 1.165) is 33.2 Å². The molecule has 0 unspecified atom stereocenters. The minimum absolute atomic E-state index is 0.0000512. The van der Waals surface area contributed by atoms with Gasteiger partial charge in [0, 0.05) is 50.3 Å². The van der Waals surface area contributed by atoms with Gasteiger partial charge in [-0.3, -0.25) is 13.7 Å². The van der Waals surface area contributed by atoms with Crippen molar-refractivity contribution in [1.82, 2.24) is 14.1 Å². The Balaban J connectivity index is 1.00. The molecule has 0 fully saturated rings. The normalized spacial score (nSPS) is 17.9. The number of ether oxygens (including phenoxy) is 1. The number of rotatable bonds is 6. The summed E-state index contributed by atoms with van der Waals surface area (Å²) in [6.07, 6.45) is 5.56. The summed E-state index contributed by atoms with van der Waals surface area (Å²) in [4.78, 5) is 4.91. The molecule has 0 amide bonds. The maximum absolute atomic E-state index is 11.0. The monoisotopic (exact) mass is 1220 g/mol. The van der Waals surface area contributed by atoms with Gasteiger partial charge in [-0.1, -0.05) is 258 Å². The third-order valence-corrected chi connectivity index (χ3v) is 19.8. The quantitative estimate of drug-likeness (QED) is 0.123. The lowest BCUT2D eigenvalue weighted by atomic mass is 9.59. The summed E-state index contributed by atoms with van der Waals surface area (Å²) < 4.78 is 190. The van der Waals surface area contributed by atoms with E-state index >= 15 is 0 Å². The topological polar surface area (TPSA) is 35.9 Å². The third kappa shape index (κ3) is 8.38. The van der Waals surface area contributed by atoms with Gasteiger partial charge in [-0.05, 0) is 160 Å². The fourth-order valence-corrected chi connectivity index (χ4v) is 14.9.